The summed E-state index contributed by atoms with van der Waals surface area (Å²) in [4.78, 5) is 11.9. The Morgan fingerprint density at radius 2 is 1.14 bits per heavy atom. The molecule has 0 aromatic heterocycles. The van der Waals surface area contributed by atoms with Gasteiger partial charge in [-0.1, -0.05) is 133 Å². The molecule has 0 spiro atoms. The number of carbonyl (C=O) groups excluding carboxylic acids is 1. The van der Waals surface area contributed by atoms with Gasteiger partial charge < -0.3 is 5.11 Å². The number of benzene rings is 1. The number of rotatable bonds is 18. The molecule has 1 aromatic carbocycles. The third kappa shape index (κ3) is 17.4. The van der Waals surface area contributed by atoms with Crippen LogP contribution in [0.25, 0.3) is 5.76 Å². The van der Waals surface area contributed by atoms with Crippen molar-refractivity contribution < 1.29 is 9.90 Å². The van der Waals surface area contributed by atoms with Gasteiger partial charge in [-0.05, 0) is 18.1 Å². The first-order valence-corrected chi connectivity index (χ1v) is 11.7. The van der Waals surface area contributed by atoms with Crippen molar-refractivity contribution >= 4 is 60.4 Å². The fourth-order valence-electron chi connectivity index (χ4n) is 3.57. The second-order valence-corrected chi connectivity index (χ2v) is 8.04. The van der Waals surface area contributed by atoms with Crippen LogP contribution in [0.15, 0.2) is 36.4 Å². The number of hydrogen-bond donors (Lipinski definition) is 0. The van der Waals surface area contributed by atoms with Crippen LogP contribution in [0.5, 0.6) is 0 Å². The minimum Gasteiger partial charge on any atom is -0.872 e. The average Bonchev–Trinajstić information content (AvgIpc) is 2.71. The van der Waals surface area contributed by atoms with Crippen LogP contribution in [-0.4, -0.2) is 54.7 Å². The molecule has 0 bridgehead atoms. The van der Waals surface area contributed by atoms with Crippen LogP contribution in [0.3, 0.4) is 0 Å². The minimum atomic E-state index is -0.174. The summed E-state index contributed by atoms with van der Waals surface area (Å²) in [7, 11) is 0. The molecule has 0 aliphatic heterocycles. The zero-order chi connectivity index (χ0) is 20.3. The molecule has 0 saturated carbocycles. The molecule has 0 aliphatic rings. The SMILES string of the molecule is CCCCCCCCCCCCCCCCCC(=O)C=C([O-])c1ccccc1.[Ba+2]. The predicted octanol–water partition coefficient (Wildman–Crippen LogP) is 6.84. The molecule has 2 nitrogen and oxygen atoms in total. The second-order valence-electron chi connectivity index (χ2n) is 8.04. The van der Waals surface area contributed by atoms with Crippen LogP contribution >= 0.6 is 0 Å². The normalized spacial score (nSPS) is 11.3. The molecule has 0 N–H and O–H groups in total. The summed E-state index contributed by atoms with van der Waals surface area (Å²) in [6.45, 7) is 2.27. The minimum absolute atomic E-state index is 0. The van der Waals surface area contributed by atoms with Gasteiger partial charge in [-0.15, -0.1) is 0 Å². The summed E-state index contributed by atoms with van der Waals surface area (Å²) in [5, 5.41) is 11.9. The molecular weight excluding hydrogens is 482 g/mol. The molecule has 0 aliphatic carbocycles. The fourth-order valence-corrected chi connectivity index (χ4v) is 3.57. The van der Waals surface area contributed by atoms with Crippen LogP contribution in [0.2, 0.25) is 0 Å². The maximum atomic E-state index is 11.9. The van der Waals surface area contributed by atoms with E-state index >= 15 is 0 Å². The van der Waals surface area contributed by atoms with Crippen LogP contribution < -0.4 is 5.11 Å². The average molecular weight is 523 g/mol. The Kier molecular flexibility index (Phi) is 21.2. The van der Waals surface area contributed by atoms with Crippen molar-refractivity contribution in [3.05, 3.63) is 42.0 Å². The molecular formula is C26H41BaO2+. The Balaban J connectivity index is 0.00000784. The first kappa shape index (κ1) is 29.0. The van der Waals surface area contributed by atoms with Gasteiger partial charge in [0.1, 0.15) is 0 Å². The molecule has 0 amide bonds. The molecule has 0 heterocycles. The number of hydrogen-bond acceptors (Lipinski definition) is 2. The predicted molar refractivity (Wildman–Crippen MR) is 125 cm³/mol. The topological polar surface area (TPSA) is 40.1 Å². The maximum Gasteiger partial charge on any atom is 2.00 e. The molecule has 29 heavy (non-hydrogen) atoms. The van der Waals surface area contributed by atoms with Crippen molar-refractivity contribution in [2.75, 3.05) is 0 Å². The van der Waals surface area contributed by atoms with Crippen molar-refractivity contribution in [2.24, 2.45) is 0 Å². The summed E-state index contributed by atoms with van der Waals surface area (Å²) in [6.07, 6.45) is 21.5. The monoisotopic (exact) mass is 523 g/mol. The number of ketones is 1. The molecule has 0 atom stereocenters. The maximum absolute atomic E-state index is 11.9. The van der Waals surface area contributed by atoms with Gasteiger partial charge in [-0.25, -0.2) is 0 Å². The first-order valence-electron chi connectivity index (χ1n) is 11.7. The number of carbonyl (C=O) groups is 1. The van der Waals surface area contributed by atoms with Gasteiger partial charge >= 0.3 is 48.9 Å². The van der Waals surface area contributed by atoms with E-state index in [0.29, 0.717) is 12.0 Å². The van der Waals surface area contributed by atoms with E-state index in [0.717, 1.165) is 12.8 Å². The Labute approximate surface area is 220 Å². The van der Waals surface area contributed by atoms with Gasteiger partial charge in [-0.3, -0.25) is 4.79 Å². The summed E-state index contributed by atoms with van der Waals surface area (Å²) in [6, 6.07) is 9.01. The molecule has 1 rings (SSSR count). The molecule has 0 radical (unpaired) electrons. The van der Waals surface area contributed by atoms with E-state index < -0.39 is 0 Å². The van der Waals surface area contributed by atoms with E-state index in [-0.39, 0.29) is 60.4 Å². The van der Waals surface area contributed by atoms with E-state index in [4.69, 9.17) is 0 Å². The smallest absolute Gasteiger partial charge is 0.872 e. The molecule has 3 heteroatoms. The first-order chi connectivity index (χ1) is 13.7. The van der Waals surface area contributed by atoms with E-state index in [2.05, 4.69) is 6.92 Å². The molecule has 0 unspecified atom stereocenters. The van der Waals surface area contributed by atoms with Crippen molar-refractivity contribution in [3.63, 3.8) is 0 Å². The standard InChI is InChI=1S/C26H42O2.Ba/c1-2-3-4-5-6-7-8-9-10-11-12-13-14-15-19-22-25(27)23-26(28)24-20-17-16-18-21-24;/h16-18,20-21,23,28H,2-15,19,22H2,1H3;/q;+2/p-1. The van der Waals surface area contributed by atoms with Crippen LogP contribution in [0.4, 0.5) is 0 Å². The molecule has 0 saturated heterocycles. The summed E-state index contributed by atoms with van der Waals surface area (Å²) < 4.78 is 0. The Hall–Kier alpha value is 0.00143. The Bertz CT molecular complexity index is 525. The summed E-state index contributed by atoms with van der Waals surface area (Å²) >= 11 is 0. The third-order valence-electron chi connectivity index (χ3n) is 5.38. The number of unbranched alkanes of at least 4 members (excludes halogenated alkanes) is 14. The van der Waals surface area contributed by atoms with Crippen molar-refractivity contribution in [2.45, 2.75) is 110 Å². The third-order valence-corrected chi connectivity index (χ3v) is 5.38. The fraction of sp³-hybridized carbons (Fsp3) is 0.654. The van der Waals surface area contributed by atoms with E-state index in [1.165, 1.54) is 89.5 Å². The summed E-state index contributed by atoms with van der Waals surface area (Å²) in [5.41, 5.74) is 0.590. The van der Waals surface area contributed by atoms with Gasteiger partial charge in [0, 0.05) is 6.42 Å². The largest absolute Gasteiger partial charge is 2.00 e. The van der Waals surface area contributed by atoms with Crippen molar-refractivity contribution in [1.82, 2.24) is 0 Å². The van der Waals surface area contributed by atoms with Crippen LogP contribution in [0.1, 0.15) is 115 Å². The quantitative estimate of drug-likeness (QED) is 0.0916. The van der Waals surface area contributed by atoms with Gasteiger partial charge in [0.15, 0.2) is 5.78 Å². The van der Waals surface area contributed by atoms with Crippen LogP contribution in [-0.2, 0) is 4.79 Å². The summed E-state index contributed by atoms with van der Waals surface area (Å²) in [5.74, 6) is -0.213. The Morgan fingerprint density at radius 3 is 1.59 bits per heavy atom. The van der Waals surface area contributed by atoms with E-state index in [1.807, 2.05) is 18.2 Å². The molecule has 0 fully saturated rings. The molecule has 158 valence electrons. The second kappa shape index (κ2) is 21.2. The zero-order valence-electron chi connectivity index (χ0n) is 18.8. The van der Waals surface area contributed by atoms with Gasteiger partial charge in [0.05, 0.1) is 0 Å². The van der Waals surface area contributed by atoms with Gasteiger partial charge in [0.2, 0.25) is 0 Å². The number of allylic oxidation sites excluding steroid dienone is 1. The van der Waals surface area contributed by atoms with Crippen molar-refractivity contribution in [3.8, 4) is 0 Å². The Morgan fingerprint density at radius 1 is 0.724 bits per heavy atom. The van der Waals surface area contributed by atoms with Gasteiger partial charge in [0.25, 0.3) is 0 Å². The van der Waals surface area contributed by atoms with Crippen molar-refractivity contribution in [1.29, 1.82) is 0 Å². The zero-order valence-corrected chi connectivity index (χ0v) is 23.2. The van der Waals surface area contributed by atoms with Crippen LogP contribution in [0, 0.1) is 0 Å². The molecule has 1 aromatic rings. The van der Waals surface area contributed by atoms with E-state index in [9.17, 15) is 9.90 Å². The van der Waals surface area contributed by atoms with Gasteiger partial charge in [-0.2, -0.15) is 0 Å². The van der Waals surface area contributed by atoms with E-state index in [1.54, 1.807) is 12.1 Å².